The van der Waals surface area contributed by atoms with E-state index in [0.29, 0.717) is 0 Å². The van der Waals surface area contributed by atoms with E-state index in [0.717, 1.165) is 0 Å². The molecule has 1 saturated carbocycles. The van der Waals surface area contributed by atoms with Crippen LogP contribution in [0.2, 0.25) is 0 Å². The lowest BCUT2D eigenvalue weighted by atomic mass is 9.83. The average Bonchev–Trinajstić information content (AvgIpc) is 2.67. The van der Waals surface area contributed by atoms with Crippen LogP contribution in [0.3, 0.4) is 0 Å². The standard InChI is InChI=1S/C14H13NO4.C2H6/c1-3-4-8-7(2)12(17)11(13(8)18)9-5-6-10(16)15-14(9)19;1-2/h3-4,9,11H,1-2,5-6H2,(H,15,16,19);1-2H3/b8-4+;. The van der Waals surface area contributed by atoms with Gasteiger partial charge in [-0.25, -0.2) is 0 Å². The molecule has 1 aliphatic heterocycles. The first-order valence-electron chi connectivity index (χ1n) is 6.91. The molecule has 2 atom stereocenters. The number of allylic oxidation sites excluding steroid dienone is 4. The Balaban J connectivity index is 0.00000106. The summed E-state index contributed by atoms with van der Waals surface area (Å²) in [6.07, 6.45) is 3.18. The van der Waals surface area contributed by atoms with Crippen molar-refractivity contribution in [2.24, 2.45) is 11.8 Å². The molecule has 2 aliphatic rings. The van der Waals surface area contributed by atoms with Gasteiger partial charge in [-0.1, -0.05) is 39.2 Å². The van der Waals surface area contributed by atoms with Crippen molar-refractivity contribution in [1.29, 1.82) is 0 Å². The first kappa shape index (κ1) is 16.8. The fourth-order valence-corrected chi connectivity index (χ4v) is 2.45. The Morgan fingerprint density at radius 3 is 2.29 bits per heavy atom. The highest BCUT2D eigenvalue weighted by molar-refractivity contribution is 6.30. The molecule has 1 saturated heterocycles. The minimum Gasteiger partial charge on any atom is -0.296 e. The summed E-state index contributed by atoms with van der Waals surface area (Å²) < 4.78 is 0. The van der Waals surface area contributed by atoms with Gasteiger partial charge >= 0.3 is 0 Å². The van der Waals surface area contributed by atoms with E-state index >= 15 is 0 Å². The van der Waals surface area contributed by atoms with Crippen molar-refractivity contribution in [2.45, 2.75) is 26.7 Å². The topological polar surface area (TPSA) is 80.3 Å². The summed E-state index contributed by atoms with van der Waals surface area (Å²) in [4.78, 5) is 47.1. The fourth-order valence-electron chi connectivity index (χ4n) is 2.45. The second-order valence-corrected chi connectivity index (χ2v) is 4.56. The van der Waals surface area contributed by atoms with Gasteiger partial charge in [0.15, 0.2) is 11.6 Å². The lowest BCUT2D eigenvalue weighted by Crippen LogP contribution is -2.46. The minimum atomic E-state index is -1.05. The predicted molar refractivity (Wildman–Crippen MR) is 78.1 cm³/mol. The normalized spacial score (nSPS) is 27.3. The number of Topliss-reactive ketones (excluding diaryl/α,β-unsaturated/α-hetero) is 2. The molecule has 1 aliphatic carbocycles. The van der Waals surface area contributed by atoms with E-state index in [9.17, 15) is 19.2 Å². The smallest absolute Gasteiger partial charge is 0.230 e. The maximum absolute atomic E-state index is 12.2. The monoisotopic (exact) mass is 289 g/mol. The highest BCUT2D eigenvalue weighted by atomic mass is 16.2. The summed E-state index contributed by atoms with van der Waals surface area (Å²) in [5.74, 6) is -3.62. The Hall–Kier alpha value is -2.30. The minimum absolute atomic E-state index is 0.111. The number of rotatable bonds is 2. The van der Waals surface area contributed by atoms with E-state index < -0.39 is 29.3 Å². The molecule has 112 valence electrons. The van der Waals surface area contributed by atoms with Crippen LogP contribution in [0.4, 0.5) is 0 Å². The molecular weight excluding hydrogens is 270 g/mol. The molecule has 2 fully saturated rings. The molecule has 2 unspecified atom stereocenters. The van der Waals surface area contributed by atoms with E-state index in [1.165, 1.54) is 12.2 Å². The van der Waals surface area contributed by atoms with E-state index in [1.54, 1.807) is 0 Å². The molecule has 0 bridgehead atoms. The van der Waals surface area contributed by atoms with Crippen molar-refractivity contribution in [2.75, 3.05) is 0 Å². The number of imide groups is 1. The highest BCUT2D eigenvalue weighted by Gasteiger charge is 2.48. The zero-order valence-corrected chi connectivity index (χ0v) is 12.3. The number of piperidine rings is 1. The summed E-state index contributed by atoms with van der Waals surface area (Å²) >= 11 is 0. The van der Waals surface area contributed by atoms with Gasteiger partial charge in [-0.2, -0.15) is 0 Å². The quantitative estimate of drug-likeness (QED) is 0.474. The number of hydrogen-bond donors (Lipinski definition) is 1. The first-order valence-corrected chi connectivity index (χ1v) is 6.91. The van der Waals surface area contributed by atoms with E-state index in [4.69, 9.17) is 0 Å². The third-order valence-corrected chi connectivity index (χ3v) is 3.42. The van der Waals surface area contributed by atoms with Gasteiger partial charge in [0.25, 0.3) is 0 Å². The molecule has 0 radical (unpaired) electrons. The molecule has 2 amide bonds. The second kappa shape index (κ2) is 6.92. The summed E-state index contributed by atoms with van der Waals surface area (Å²) in [7, 11) is 0. The van der Waals surface area contributed by atoms with Crippen LogP contribution < -0.4 is 5.32 Å². The molecule has 5 heteroatoms. The number of amides is 2. The maximum Gasteiger partial charge on any atom is 0.230 e. The zero-order chi connectivity index (χ0) is 16.2. The molecule has 1 heterocycles. The molecule has 5 nitrogen and oxygen atoms in total. The molecule has 2 rings (SSSR count). The van der Waals surface area contributed by atoms with Crippen molar-refractivity contribution in [3.05, 3.63) is 36.5 Å². The third kappa shape index (κ3) is 3.07. The van der Waals surface area contributed by atoms with E-state index in [1.807, 2.05) is 13.8 Å². The molecule has 0 aromatic heterocycles. The Morgan fingerprint density at radius 2 is 1.76 bits per heavy atom. The Bertz CT molecular complexity index is 557. The molecule has 1 N–H and O–H groups in total. The van der Waals surface area contributed by atoms with Gasteiger partial charge in [-0.05, 0) is 6.42 Å². The average molecular weight is 289 g/mol. The number of carbonyl (C=O) groups is 4. The van der Waals surface area contributed by atoms with Crippen molar-refractivity contribution in [1.82, 2.24) is 5.32 Å². The summed E-state index contributed by atoms with van der Waals surface area (Å²) in [6, 6.07) is 0. The van der Waals surface area contributed by atoms with E-state index in [2.05, 4.69) is 18.5 Å². The fraction of sp³-hybridized carbons (Fsp3) is 0.375. The Morgan fingerprint density at radius 1 is 1.14 bits per heavy atom. The molecule has 0 aromatic carbocycles. The van der Waals surface area contributed by atoms with Gasteiger partial charge in [0.2, 0.25) is 11.8 Å². The number of nitrogens with one attached hydrogen (secondary N) is 1. The van der Waals surface area contributed by atoms with Crippen LogP contribution in [-0.4, -0.2) is 23.4 Å². The van der Waals surface area contributed by atoms with Gasteiger partial charge in [-0.3, -0.25) is 24.5 Å². The van der Waals surface area contributed by atoms with Crippen LogP contribution >= 0.6 is 0 Å². The number of ketones is 2. The van der Waals surface area contributed by atoms with Crippen molar-refractivity contribution in [3.8, 4) is 0 Å². The maximum atomic E-state index is 12.2. The van der Waals surface area contributed by atoms with Gasteiger partial charge in [0.05, 0.1) is 11.8 Å². The van der Waals surface area contributed by atoms with Crippen LogP contribution in [0.5, 0.6) is 0 Å². The molecule has 21 heavy (non-hydrogen) atoms. The third-order valence-electron chi connectivity index (χ3n) is 3.42. The van der Waals surface area contributed by atoms with E-state index in [-0.39, 0.29) is 29.9 Å². The lowest BCUT2D eigenvalue weighted by Gasteiger charge is -2.23. The first-order chi connectivity index (χ1) is 9.97. The number of carbonyl (C=O) groups excluding carboxylic acids is 4. The van der Waals surface area contributed by atoms with Gasteiger partial charge < -0.3 is 0 Å². The molecular formula is C16H19NO4. The van der Waals surface area contributed by atoms with Gasteiger partial charge in [0.1, 0.15) is 0 Å². The van der Waals surface area contributed by atoms with Crippen LogP contribution in [0.15, 0.2) is 36.5 Å². The van der Waals surface area contributed by atoms with Gasteiger partial charge in [-0.15, -0.1) is 0 Å². The van der Waals surface area contributed by atoms with Crippen LogP contribution in [0, 0.1) is 11.8 Å². The lowest BCUT2D eigenvalue weighted by molar-refractivity contribution is -0.143. The van der Waals surface area contributed by atoms with Crippen LogP contribution in [0.25, 0.3) is 0 Å². The van der Waals surface area contributed by atoms with Crippen molar-refractivity contribution in [3.63, 3.8) is 0 Å². The highest BCUT2D eigenvalue weighted by Crippen LogP contribution is 2.35. The Labute approximate surface area is 123 Å². The second-order valence-electron chi connectivity index (χ2n) is 4.56. The van der Waals surface area contributed by atoms with Crippen molar-refractivity contribution < 1.29 is 19.2 Å². The Kier molecular flexibility index (Phi) is 5.52. The zero-order valence-electron chi connectivity index (χ0n) is 12.3. The van der Waals surface area contributed by atoms with Crippen molar-refractivity contribution >= 4 is 23.4 Å². The van der Waals surface area contributed by atoms with Gasteiger partial charge in [0, 0.05) is 17.6 Å². The van der Waals surface area contributed by atoms with Crippen LogP contribution in [-0.2, 0) is 19.2 Å². The molecule has 0 spiro atoms. The summed E-state index contributed by atoms with van der Waals surface area (Å²) in [5, 5.41) is 2.16. The SMILES string of the molecule is C=C/C=C1\C(=C)C(=O)C(C2CCC(=O)NC2=O)C1=O.CC. The van der Waals surface area contributed by atoms with Crippen LogP contribution in [0.1, 0.15) is 26.7 Å². The summed E-state index contributed by atoms with van der Waals surface area (Å²) in [6.45, 7) is 11.1. The number of hydrogen-bond acceptors (Lipinski definition) is 4. The predicted octanol–water partition coefficient (Wildman–Crippen LogP) is 1.50. The largest absolute Gasteiger partial charge is 0.296 e. The summed E-state index contributed by atoms with van der Waals surface area (Å²) in [5.41, 5.74) is 0.314. The molecule has 0 aromatic rings.